The lowest BCUT2D eigenvalue weighted by Gasteiger charge is -2.24. The summed E-state index contributed by atoms with van der Waals surface area (Å²) >= 11 is 0. The van der Waals surface area contributed by atoms with Crippen LogP contribution in [-0.2, 0) is 5.60 Å². The molecule has 0 aliphatic heterocycles. The summed E-state index contributed by atoms with van der Waals surface area (Å²) < 4.78 is 26.1. The number of aromatic nitrogens is 2. The summed E-state index contributed by atoms with van der Waals surface area (Å²) in [4.78, 5) is 12.5. The first kappa shape index (κ1) is 17.8. The average Bonchev–Trinajstić information content (AvgIpc) is 3.10. The van der Waals surface area contributed by atoms with Crippen LogP contribution in [0.3, 0.4) is 0 Å². The molecular weight excluding hydrogens is 340 g/mol. The van der Waals surface area contributed by atoms with Gasteiger partial charge in [0.2, 0.25) is 0 Å². The number of aliphatic hydroxyl groups is 1. The molecule has 2 aromatic carbocycles. The second kappa shape index (κ2) is 7.05. The predicted octanol–water partition coefficient (Wildman–Crippen LogP) is 2.99. The van der Waals surface area contributed by atoms with Crippen LogP contribution in [0.15, 0.2) is 54.7 Å². The van der Waals surface area contributed by atoms with E-state index in [2.05, 4.69) is 15.5 Å². The van der Waals surface area contributed by atoms with Crippen molar-refractivity contribution < 1.29 is 18.7 Å². The molecule has 134 valence electrons. The Kier molecular flexibility index (Phi) is 4.81. The summed E-state index contributed by atoms with van der Waals surface area (Å²) in [7, 11) is 0. The lowest BCUT2D eigenvalue weighted by molar-refractivity contribution is 0.0526. The Balaban J connectivity index is 1.74. The van der Waals surface area contributed by atoms with Crippen molar-refractivity contribution in [2.24, 2.45) is 0 Å². The topological polar surface area (TPSA) is 78.0 Å². The molecule has 0 saturated carbocycles. The molecule has 3 rings (SSSR count). The van der Waals surface area contributed by atoms with Crippen LogP contribution in [0.1, 0.15) is 22.8 Å². The number of carbonyl (C=O) groups excluding carboxylic acids is 1. The van der Waals surface area contributed by atoms with E-state index < -0.39 is 17.3 Å². The number of aromatic amines is 1. The van der Waals surface area contributed by atoms with Gasteiger partial charge in [-0.1, -0.05) is 12.1 Å². The van der Waals surface area contributed by atoms with Gasteiger partial charge in [0.25, 0.3) is 5.91 Å². The number of amides is 1. The number of hydrogen-bond donors (Lipinski definition) is 3. The zero-order valence-electron chi connectivity index (χ0n) is 14.0. The normalized spacial score (nSPS) is 13.2. The molecule has 26 heavy (non-hydrogen) atoms. The number of halogens is 2. The molecule has 7 heteroatoms. The van der Waals surface area contributed by atoms with Crippen molar-refractivity contribution in [3.8, 4) is 11.3 Å². The van der Waals surface area contributed by atoms with Crippen molar-refractivity contribution in [2.45, 2.75) is 12.5 Å². The molecule has 1 heterocycles. The van der Waals surface area contributed by atoms with Gasteiger partial charge in [0.15, 0.2) is 0 Å². The van der Waals surface area contributed by atoms with Gasteiger partial charge in [-0.25, -0.2) is 8.78 Å². The monoisotopic (exact) mass is 357 g/mol. The molecule has 0 spiro atoms. The Morgan fingerprint density at radius 3 is 2.31 bits per heavy atom. The third-order valence-corrected chi connectivity index (χ3v) is 4.08. The Labute approximate surface area is 148 Å². The molecule has 1 atom stereocenters. The van der Waals surface area contributed by atoms with Crippen LogP contribution in [0.4, 0.5) is 8.78 Å². The standard InChI is InChI=1S/C19H17F2N3O2/c1-19(26,13-4-8-15(21)9-5-13)11-22-18(25)16-10-23-24-17(16)12-2-6-14(20)7-3-12/h2-10,26H,11H2,1H3,(H,22,25)(H,23,24)/t19-/m0/s1. The van der Waals surface area contributed by atoms with Gasteiger partial charge < -0.3 is 10.4 Å². The van der Waals surface area contributed by atoms with Crippen LogP contribution in [0.25, 0.3) is 11.3 Å². The predicted molar refractivity (Wildman–Crippen MR) is 92.3 cm³/mol. The van der Waals surface area contributed by atoms with E-state index in [0.29, 0.717) is 16.8 Å². The number of rotatable bonds is 5. The lowest BCUT2D eigenvalue weighted by atomic mass is 9.96. The number of nitrogens with one attached hydrogen (secondary N) is 2. The number of hydrogen-bond acceptors (Lipinski definition) is 3. The quantitative estimate of drug-likeness (QED) is 0.657. The highest BCUT2D eigenvalue weighted by atomic mass is 19.1. The Morgan fingerprint density at radius 1 is 1.12 bits per heavy atom. The van der Waals surface area contributed by atoms with E-state index in [-0.39, 0.29) is 17.9 Å². The van der Waals surface area contributed by atoms with E-state index in [4.69, 9.17) is 0 Å². The molecule has 0 radical (unpaired) electrons. The molecule has 0 aliphatic rings. The maximum atomic E-state index is 13.1. The second-order valence-corrected chi connectivity index (χ2v) is 6.13. The van der Waals surface area contributed by atoms with Gasteiger partial charge >= 0.3 is 0 Å². The summed E-state index contributed by atoms with van der Waals surface area (Å²) in [6.07, 6.45) is 1.36. The van der Waals surface area contributed by atoms with Gasteiger partial charge in [-0.05, 0) is 48.9 Å². The Hall–Kier alpha value is -3.06. The van der Waals surface area contributed by atoms with Crippen molar-refractivity contribution in [1.82, 2.24) is 15.5 Å². The van der Waals surface area contributed by atoms with Crippen LogP contribution < -0.4 is 5.32 Å². The third kappa shape index (κ3) is 3.78. The Bertz CT molecular complexity index is 903. The molecule has 1 amide bonds. The summed E-state index contributed by atoms with van der Waals surface area (Å²) in [5, 5.41) is 19.8. The summed E-state index contributed by atoms with van der Waals surface area (Å²) in [5.74, 6) is -1.23. The number of H-pyrrole nitrogens is 1. The van der Waals surface area contributed by atoms with Crippen molar-refractivity contribution in [1.29, 1.82) is 0 Å². The van der Waals surface area contributed by atoms with Crippen molar-refractivity contribution in [3.63, 3.8) is 0 Å². The molecule has 0 bridgehead atoms. The molecular formula is C19H17F2N3O2. The van der Waals surface area contributed by atoms with Crippen LogP contribution in [0.5, 0.6) is 0 Å². The van der Waals surface area contributed by atoms with E-state index in [1.54, 1.807) is 0 Å². The van der Waals surface area contributed by atoms with E-state index in [0.717, 1.165) is 0 Å². The highest BCUT2D eigenvalue weighted by Crippen LogP contribution is 2.23. The minimum absolute atomic E-state index is 0.0779. The van der Waals surface area contributed by atoms with Gasteiger partial charge in [0.1, 0.15) is 17.2 Å². The molecule has 0 aliphatic carbocycles. The van der Waals surface area contributed by atoms with Crippen molar-refractivity contribution >= 4 is 5.91 Å². The minimum atomic E-state index is -1.37. The van der Waals surface area contributed by atoms with Gasteiger partial charge in [0, 0.05) is 5.56 Å². The zero-order chi connectivity index (χ0) is 18.7. The van der Waals surface area contributed by atoms with Crippen LogP contribution in [0.2, 0.25) is 0 Å². The number of nitrogens with zero attached hydrogens (tertiary/aromatic N) is 1. The van der Waals surface area contributed by atoms with E-state index in [1.165, 1.54) is 61.7 Å². The van der Waals surface area contributed by atoms with Crippen molar-refractivity contribution in [2.75, 3.05) is 6.54 Å². The molecule has 3 aromatic rings. The summed E-state index contributed by atoms with van der Waals surface area (Å²) in [6, 6.07) is 11.1. The molecule has 3 N–H and O–H groups in total. The fraction of sp³-hybridized carbons (Fsp3) is 0.158. The van der Waals surface area contributed by atoms with Crippen LogP contribution >= 0.6 is 0 Å². The van der Waals surface area contributed by atoms with Crippen LogP contribution in [0, 0.1) is 11.6 Å². The first-order valence-corrected chi connectivity index (χ1v) is 7.93. The fourth-order valence-corrected chi connectivity index (χ4v) is 2.55. The number of benzene rings is 2. The Morgan fingerprint density at radius 2 is 1.69 bits per heavy atom. The summed E-state index contributed by atoms with van der Waals surface area (Å²) in [5.41, 5.74) is 0.434. The van der Waals surface area contributed by atoms with E-state index in [9.17, 15) is 18.7 Å². The van der Waals surface area contributed by atoms with Gasteiger partial charge in [-0.15, -0.1) is 0 Å². The maximum Gasteiger partial charge on any atom is 0.255 e. The molecule has 5 nitrogen and oxygen atoms in total. The van der Waals surface area contributed by atoms with E-state index in [1.807, 2.05) is 0 Å². The maximum absolute atomic E-state index is 13.1. The van der Waals surface area contributed by atoms with Crippen LogP contribution in [-0.4, -0.2) is 27.8 Å². The lowest BCUT2D eigenvalue weighted by Crippen LogP contribution is -2.38. The smallest absolute Gasteiger partial charge is 0.255 e. The van der Waals surface area contributed by atoms with Gasteiger partial charge in [0.05, 0.1) is 24.0 Å². The minimum Gasteiger partial charge on any atom is -0.384 e. The highest BCUT2D eigenvalue weighted by molar-refractivity contribution is 5.99. The third-order valence-electron chi connectivity index (χ3n) is 4.08. The molecule has 0 unspecified atom stereocenters. The first-order chi connectivity index (χ1) is 12.4. The van der Waals surface area contributed by atoms with Gasteiger partial charge in [-0.2, -0.15) is 5.10 Å². The highest BCUT2D eigenvalue weighted by Gasteiger charge is 2.25. The van der Waals surface area contributed by atoms with Crippen molar-refractivity contribution in [3.05, 3.63) is 77.5 Å². The SMILES string of the molecule is C[C@](O)(CNC(=O)c1cn[nH]c1-c1ccc(F)cc1)c1ccc(F)cc1. The molecule has 0 fully saturated rings. The summed E-state index contributed by atoms with van der Waals surface area (Å²) in [6.45, 7) is 1.45. The number of carbonyl (C=O) groups is 1. The second-order valence-electron chi connectivity index (χ2n) is 6.13. The van der Waals surface area contributed by atoms with E-state index >= 15 is 0 Å². The molecule has 0 saturated heterocycles. The molecule has 1 aromatic heterocycles. The zero-order valence-corrected chi connectivity index (χ0v) is 14.0. The first-order valence-electron chi connectivity index (χ1n) is 7.93. The van der Waals surface area contributed by atoms with Gasteiger partial charge in [-0.3, -0.25) is 9.89 Å². The average molecular weight is 357 g/mol. The fourth-order valence-electron chi connectivity index (χ4n) is 2.55. The largest absolute Gasteiger partial charge is 0.384 e.